The number of aromatic nitrogens is 2. The molecule has 2 aromatic heterocycles. The number of para-hydroxylation sites is 2. The molecule has 0 N–H and O–H groups in total. The second-order valence-electron chi connectivity index (χ2n) is 23.5. The summed E-state index contributed by atoms with van der Waals surface area (Å²) in [5, 5.41) is 72.2. The van der Waals surface area contributed by atoms with Gasteiger partial charge in [-0.1, -0.05) is 326 Å². The molecule has 0 fully saturated rings. The fraction of sp³-hybridized carbons (Fsp3) is 0.0213. The third-order valence-corrected chi connectivity index (χ3v) is 15.8. The number of allylic oxidation sites excluding steroid dienone is 4. The van der Waals surface area contributed by atoms with Crippen LogP contribution in [0.25, 0.3) is 44.8 Å². The van der Waals surface area contributed by atoms with Gasteiger partial charge in [-0.15, -0.1) is 0 Å². The average Bonchev–Trinajstić information content (AvgIpc) is 0.824. The van der Waals surface area contributed by atoms with Gasteiger partial charge < -0.3 is 40.1 Å². The molecule has 0 unspecified atom stereocenters. The van der Waals surface area contributed by atoms with E-state index in [1.807, 2.05) is 133 Å². The molecule has 0 aliphatic rings. The maximum Gasteiger partial charge on any atom is 3.00 e. The van der Waals surface area contributed by atoms with Gasteiger partial charge in [0.1, 0.15) is 11.5 Å². The van der Waals surface area contributed by atoms with E-state index in [9.17, 15) is 49.8 Å². The van der Waals surface area contributed by atoms with Crippen molar-refractivity contribution in [2.24, 2.45) is 9.98 Å². The van der Waals surface area contributed by atoms with E-state index in [4.69, 9.17) is 9.47 Å². The van der Waals surface area contributed by atoms with E-state index in [1.54, 1.807) is 233 Å². The fourth-order valence-corrected chi connectivity index (χ4v) is 9.99. The third kappa shape index (κ3) is 28.1. The Bertz CT molecular complexity index is 4940. The summed E-state index contributed by atoms with van der Waals surface area (Å²) in [6, 6.07) is 103. The van der Waals surface area contributed by atoms with Crippen molar-refractivity contribution in [3.05, 3.63) is 432 Å². The second kappa shape index (κ2) is 46.6. The summed E-state index contributed by atoms with van der Waals surface area (Å²) < 4.78 is 10.2. The molecule has 0 bridgehead atoms. The quantitative estimate of drug-likeness (QED) is 0.0334. The van der Waals surface area contributed by atoms with Crippen LogP contribution in [0, 0.1) is 74.6 Å². The zero-order chi connectivity index (χ0) is 77.7. The van der Waals surface area contributed by atoms with Gasteiger partial charge in [-0.2, -0.15) is 0 Å². The summed E-state index contributed by atoms with van der Waals surface area (Å²) in [4.78, 5) is 64.4. The van der Waals surface area contributed by atoms with Gasteiger partial charge in [0.25, 0.3) is 0 Å². The van der Waals surface area contributed by atoms with Crippen LogP contribution in [0.3, 0.4) is 0 Å². The van der Waals surface area contributed by atoms with Gasteiger partial charge in [-0.25, -0.2) is 9.97 Å². The second-order valence-corrected chi connectivity index (χ2v) is 23.5. The number of ketones is 4. The van der Waals surface area contributed by atoms with Crippen LogP contribution < -0.4 is 40.1 Å². The van der Waals surface area contributed by atoms with Crippen molar-refractivity contribution in [2.45, 2.75) is 0 Å². The van der Waals surface area contributed by atoms with Crippen molar-refractivity contribution in [3.8, 4) is 23.0 Å². The number of hydrogen-bond donors (Lipinski definition) is 0. The maximum atomic E-state index is 11.8. The van der Waals surface area contributed by atoms with Crippen LogP contribution in [0.1, 0.15) is 75.1 Å². The van der Waals surface area contributed by atoms with E-state index >= 15 is 0 Å². The van der Waals surface area contributed by atoms with Crippen molar-refractivity contribution in [2.75, 3.05) is 14.2 Å². The van der Waals surface area contributed by atoms with Crippen molar-refractivity contribution in [1.82, 2.24) is 9.97 Å². The predicted molar refractivity (Wildman–Crippen MR) is 424 cm³/mol. The van der Waals surface area contributed by atoms with Gasteiger partial charge >= 0.3 is 74.6 Å². The minimum Gasteiger partial charge on any atom is -0.872 e. The van der Waals surface area contributed by atoms with Gasteiger partial charge in [0.05, 0.1) is 60.4 Å². The first kappa shape index (κ1) is 86.6. The summed E-state index contributed by atoms with van der Waals surface area (Å²) in [5.41, 5.74) is 8.04. The first-order valence-corrected chi connectivity index (χ1v) is 34.2. The molecule has 2 heterocycles. The Balaban J connectivity index is 0.000000186. The monoisotopic (exact) mass is 1780 g/mol. The Kier molecular flexibility index (Phi) is 36.0. The maximum absolute atomic E-state index is 11.8. The number of nitrogens with zero attached hydrogens (tertiary/aromatic N) is 4. The standard InChI is InChI=1S/2C17H14N2O2.4C15H12O2.2Er/c2*1-21-15-9-7-13(8-10-15)18-11-14-6-5-12-3-2-4-16(20)17(12)19-14;4*16-14(12-7-3-1-4-8-12)11-15(17)13-9-5-2-6-10-13;;/h2*2-11,20H,1H3;4*1-11,16H;;/q;;;;;;2*+3/p-6/b;;4*14-11-;;. The van der Waals surface area contributed by atoms with Crippen molar-refractivity contribution in [3.63, 3.8) is 0 Å². The van der Waals surface area contributed by atoms with Crippen LogP contribution in [0.5, 0.6) is 23.0 Å². The minimum atomic E-state index is -0.264. The molecular weight excluding hydrogens is 1710 g/mol. The van der Waals surface area contributed by atoms with Crippen LogP contribution in [0.2, 0.25) is 0 Å². The van der Waals surface area contributed by atoms with Gasteiger partial charge in [-0.3, -0.25) is 29.2 Å². The number of hydrogen-bond acceptors (Lipinski definition) is 16. The number of benzene rings is 12. The number of fused-ring (bicyclic) bond motifs is 2. The van der Waals surface area contributed by atoms with Crippen molar-refractivity contribution in [1.29, 1.82) is 0 Å². The number of pyridine rings is 2. The number of methoxy groups -OCH3 is 2. The molecule has 0 aliphatic carbocycles. The minimum absolute atomic E-state index is 0. The zero-order valence-corrected chi connectivity index (χ0v) is 63.9. The van der Waals surface area contributed by atoms with Gasteiger partial charge in [0.15, 0.2) is 23.1 Å². The van der Waals surface area contributed by atoms with E-state index in [0.717, 1.165) is 58.0 Å². The number of ether oxygens (including phenoxy) is 2. The predicted octanol–water partition coefficient (Wildman–Crippen LogP) is 15.2. The Morgan fingerprint density at radius 1 is 0.277 bits per heavy atom. The molecule has 112 heavy (non-hydrogen) atoms. The molecule has 562 valence electrons. The molecule has 0 aliphatic heterocycles. The number of aliphatic imine (C=N–C) groups is 2. The average molecular weight is 1780 g/mol. The molecule has 16 nitrogen and oxygen atoms in total. The van der Waals surface area contributed by atoms with E-state index in [-0.39, 0.29) is 132 Å². The summed E-state index contributed by atoms with van der Waals surface area (Å²) >= 11 is 0. The Hall–Kier alpha value is -12.7. The first-order valence-electron chi connectivity index (χ1n) is 34.2. The summed E-state index contributed by atoms with van der Waals surface area (Å²) in [6.07, 6.45) is 7.81. The van der Waals surface area contributed by atoms with Crippen LogP contribution in [0.4, 0.5) is 11.4 Å². The molecule has 14 rings (SSSR count). The van der Waals surface area contributed by atoms with Crippen molar-refractivity contribution < 1.29 is 134 Å². The van der Waals surface area contributed by atoms with Crippen LogP contribution in [-0.4, -0.2) is 59.7 Å². The van der Waals surface area contributed by atoms with Gasteiger partial charge in [0, 0.05) is 22.3 Å². The molecule has 14 aromatic rings. The Morgan fingerprint density at radius 2 is 0.500 bits per heavy atom. The molecule has 0 saturated heterocycles. The topological polar surface area (TPSA) is 276 Å². The van der Waals surface area contributed by atoms with Crippen molar-refractivity contribution >= 4 is 91.8 Å². The van der Waals surface area contributed by atoms with E-state index in [2.05, 4.69) is 20.0 Å². The molecule has 18 heteroatoms. The van der Waals surface area contributed by atoms with E-state index < -0.39 is 0 Å². The molecule has 0 spiro atoms. The number of carbonyl (C=O) groups is 4. The van der Waals surface area contributed by atoms with E-state index in [0.29, 0.717) is 66.9 Å². The molecule has 2 radical (unpaired) electrons. The largest absolute Gasteiger partial charge is 3.00 e. The summed E-state index contributed by atoms with van der Waals surface area (Å²) in [5.74, 6) is -0.697. The smallest absolute Gasteiger partial charge is 0.872 e. The summed E-state index contributed by atoms with van der Waals surface area (Å²) in [6.45, 7) is 0. The molecular formula is C94H70Er2N4O12. The van der Waals surface area contributed by atoms with Gasteiger partial charge in [-0.05, 0) is 118 Å². The van der Waals surface area contributed by atoms with E-state index in [1.165, 1.54) is 12.1 Å². The molecule has 12 aromatic carbocycles. The summed E-state index contributed by atoms with van der Waals surface area (Å²) in [7, 11) is 3.25. The first-order chi connectivity index (χ1) is 53.6. The van der Waals surface area contributed by atoms with Crippen LogP contribution in [0.15, 0.2) is 386 Å². The molecule has 0 atom stereocenters. The fourth-order valence-electron chi connectivity index (χ4n) is 9.99. The zero-order valence-electron chi connectivity index (χ0n) is 60.2. The number of carbonyl (C=O) groups excluding carboxylic acids is 4. The van der Waals surface area contributed by atoms with Crippen LogP contribution in [-0.2, 0) is 0 Å². The van der Waals surface area contributed by atoms with Gasteiger partial charge in [0.2, 0.25) is 0 Å². The molecule has 0 saturated carbocycles. The third-order valence-electron chi connectivity index (χ3n) is 15.8. The van der Waals surface area contributed by atoms with Crippen LogP contribution >= 0.6 is 0 Å². The normalized spacial score (nSPS) is 10.9. The SMILES string of the molecule is COc1ccc(N=Cc2ccc3cccc([O-])c3n2)cc1.COc1ccc(N=Cc2ccc3cccc([O-])c3n2)cc1.O=C(/C=C(\[O-])c1ccccc1)c1ccccc1.O=C(/C=C(\[O-])c1ccccc1)c1ccccc1.O=C(/C=C(\[O-])c1ccccc1)c1ccccc1.O=C(/C=C(\[O-])c1ccccc1)c1ccccc1.[Er+3].[Er+3]. The Labute approximate surface area is 708 Å². The Morgan fingerprint density at radius 3 is 0.723 bits per heavy atom. The molecule has 0 amide bonds. The number of rotatable bonds is 18.